The van der Waals surface area contributed by atoms with Crippen LogP contribution in [0.2, 0.25) is 0 Å². The second-order valence-electron chi connectivity index (χ2n) is 9.47. The van der Waals surface area contributed by atoms with Gasteiger partial charge in [0.25, 0.3) is 0 Å². The van der Waals surface area contributed by atoms with E-state index in [0.717, 1.165) is 22.9 Å². The average molecular weight is 552 g/mol. The first-order valence-electron chi connectivity index (χ1n) is 12.8. The standard InChI is InChI=1S/C30H37N3O5S/c1-23-15-17-26(18-16-23)33(39(4,36)37)19-9-14-29(34)32(22-25-12-8-13-27(20-25)38-3)28(30(35)31-2)21-24-10-6-5-7-11-24/h5-8,10-13,15-18,20,28H,9,14,19,21-22H2,1-4H3,(H,31,35)/t28-/m0/s1. The van der Waals surface area contributed by atoms with Crippen LogP contribution in [0.5, 0.6) is 5.75 Å². The predicted octanol–water partition coefficient (Wildman–Crippen LogP) is 3.94. The van der Waals surface area contributed by atoms with Crippen molar-refractivity contribution in [3.05, 3.63) is 95.6 Å². The second-order valence-corrected chi connectivity index (χ2v) is 11.4. The number of likely N-dealkylation sites (N-methyl/N-ethyl adjacent to an activating group) is 1. The van der Waals surface area contributed by atoms with Crippen LogP contribution in [-0.2, 0) is 32.6 Å². The van der Waals surface area contributed by atoms with E-state index in [1.807, 2.05) is 73.7 Å². The molecule has 0 aliphatic rings. The van der Waals surface area contributed by atoms with Crippen LogP contribution in [0.25, 0.3) is 0 Å². The Hall–Kier alpha value is -3.85. The van der Waals surface area contributed by atoms with Crippen LogP contribution < -0.4 is 14.4 Å². The first-order valence-corrected chi connectivity index (χ1v) is 14.7. The molecule has 0 radical (unpaired) electrons. The molecule has 0 spiro atoms. The minimum Gasteiger partial charge on any atom is -0.497 e. The molecule has 9 heteroatoms. The van der Waals surface area contributed by atoms with E-state index in [-0.39, 0.29) is 31.3 Å². The Kier molecular flexibility index (Phi) is 10.5. The number of sulfonamides is 1. The zero-order valence-electron chi connectivity index (χ0n) is 23.0. The fourth-order valence-electron chi connectivity index (χ4n) is 4.40. The molecular weight excluding hydrogens is 514 g/mol. The molecule has 0 bridgehead atoms. The molecule has 0 fully saturated rings. The first kappa shape index (κ1) is 29.7. The molecule has 0 aliphatic carbocycles. The van der Waals surface area contributed by atoms with Gasteiger partial charge in [0, 0.05) is 33.0 Å². The number of nitrogens with zero attached hydrogens (tertiary/aromatic N) is 2. The van der Waals surface area contributed by atoms with Gasteiger partial charge in [0.15, 0.2) is 0 Å². The highest BCUT2D eigenvalue weighted by Crippen LogP contribution is 2.21. The Morgan fingerprint density at radius 2 is 1.62 bits per heavy atom. The lowest BCUT2D eigenvalue weighted by molar-refractivity contribution is -0.141. The van der Waals surface area contributed by atoms with Gasteiger partial charge in [-0.25, -0.2) is 8.42 Å². The molecule has 3 aromatic rings. The summed E-state index contributed by atoms with van der Waals surface area (Å²) in [5, 5.41) is 2.70. The largest absolute Gasteiger partial charge is 0.497 e. The number of anilines is 1. The quantitative estimate of drug-likeness (QED) is 0.347. The third-order valence-electron chi connectivity index (χ3n) is 6.48. The van der Waals surface area contributed by atoms with Crippen molar-refractivity contribution >= 4 is 27.5 Å². The fraction of sp³-hybridized carbons (Fsp3) is 0.333. The molecule has 3 rings (SSSR count). The van der Waals surface area contributed by atoms with Crippen molar-refractivity contribution in [2.45, 2.75) is 38.8 Å². The maximum atomic E-state index is 13.7. The molecule has 8 nitrogen and oxygen atoms in total. The van der Waals surface area contributed by atoms with Crippen molar-refractivity contribution in [1.29, 1.82) is 0 Å². The molecule has 0 aliphatic heterocycles. The minimum atomic E-state index is -3.55. The molecule has 0 aromatic heterocycles. The lowest BCUT2D eigenvalue weighted by Crippen LogP contribution is -2.49. The van der Waals surface area contributed by atoms with E-state index in [1.165, 1.54) is 4.31 Å². The van der Waals surface area contributed by atoms with E-state index >= 15 is 0 Å². The summed E-state index contributed by atoms with van der Waals surface area (Å²) in [4.78, 5) is 28.4. The van der Waals surface area contributed by atoms with Crippen LogP contribution in [0.4, 0.5) is 5.69 Å². The molecule has 39 heavy (non-hydrogen) atoms. The van der Waals surface area contributed by atoms with Crippen molar-refractivity contribution in [3.63, 3.8) is 0 Å². The number of methoxy groups -OCH3 is 1. The van der Waals surface area contributed by atoms with Gasteiger partial charge in [-0.05, 0) is 48.7 Å². The molecule has 0 saturated heterocycles. The predicted molar refractivity (Wildman–Crippen MR) is 154 cm³/mol. The molecule has 2 amide bonds. The number of carbonyl (C=O) groups is 2. The summed E-state index contributed by atoms with van der Waals surface area (Å²) >= 11 is 0. The monoisotopic (exact) mass is 551 g/mol. The summed E-state index contributed by atoms with van der Waals surface area (Å²) in [6, 6.07) is 23.4. The summed E-state index contributed by atoms with van der Waals surface area (Å²) in [6.45, 7) is 2.28. The highest BCUT2D eigenvalue weighted by Gasteiger charge is 2.30. The summed E-state index contributed by atoms with van der Waals surface area (Å²) < 4.78 is 31.7. The topological polar surface area (TPSA) is 96.0 Å². The fourth-order valence-corrected chi connectivity index (χ4v) is 5.37. The Labute approximate surface area is 231 Å². The van der Waals surface area contributed by atoms with Crippen molar-refractivity contribution in [1.82, 2.24) is 10.2 Å². The van der Waals surface area contributed by atoms with E-state index in [2.05, 4.69) is 5.32 Å². The van der Waals surface area contributed by atoms with Gasteiger partial charge < -0.3 is 15.0 Å². The van der Waals surface area contributed by atoms with Gasteiger partial charge in [0.1, 0.15) is 11.8 Å². The van der Waals surface area contributed by atoms with Gasteiger partial charge in [0.05, 0.1) is 19.1 Å². The molecule has 0 unspecified atom stereocenters. The number of hydrogen-bond acceptors (Lipinski definition) is 5. The van der Waals surface area contributed by atoms with Gasteiger partial charge in [0.2, 0.25) is 21.8 Å². The number of benzene rings is 3. The Morgan fingerprint density at radius 3 is 2.23 bits per heavy atom. The highest BCUT2D eigenvalue weighted by molar-refractivity contribution is 7.92. The third kappa shape index (κ3) is 8.58. The maximum absolute atomic E-state index is 13.7. The number of carbonyl (C=O) groups excluding carboxylic acids is 2. The number of hydrogen-bond donors (Lipinski definition) is 1. The molecule has 3 aromatic carbocycles. The van der Waals surface area contributed by atoms with Gasteiger partial charge in [-0.3, -0.25) is 13.9 Å². The van der Waals surface area contributed by atoms with E-state index in [4.69, 9.17) is 4.74 Å². The van der Waals surface area contributed by atoms with Crippen LogP contribution in [0.1, 0.15) is 29.5 Å². The molecule has 0 saturated carbocycles. The van der Waals surface area contributed by atoms with Crippen molar-refractivity contribution in [2.24, 2.45) is 0 Å². The lowest BCUT2D eigenvalue weighted by atomic mass is 10.0. The van der Waals surface area contributed by atoms with Crippen molar-refractivity contribution < 1.29 is 22.7 Å². The zero-order chi connectivity index (χ0) is 28.4. The number of aryl methyl sites for hydroxylation is 1. The third-order valence-corrected chi connectivity index (χ3v) is 7.67. The number of rotatable bonds is 13. The van der Waals surface area contributed by atoms with Crippen LogP contribution in [0.15, 0.2) is 78.9 Å². The van der Waals surface area contributed by atoms with Crippen LogP contribution in [-0.4, -0.2) is 58.1 Å². The SMILES string of the molecule is CNC(=O)[C@H](Cc1ccccc1)N(Cc1cccc(OC)c1)C(=O)CCCN(c1ccc(C)cc1)S(C)(=O)=O. The smallest absolute Gasteiger partial charge is 0.242 e. The molecule has 1 atom stereocenters. The van der Waals surface area contributed by atoms with Crippen LogP contribution in [0, 0.1) is 6.92 Å². The Bertz CT molecular complexity index is 1340. The molecule has 1 N–H and O–H groups in total. The Morgan fingerprint density at radius 1 is 0.949 bits per heavy atom. The number of ether oxygens (including phenoxy) is 1. The molecular formula is C30H37N3O5S. The summed E-state index contributed by atoms with van der Waals surface area (Å²) in [7, 11) is -0.418. The Balaban J connectivity index is 1.85. The van der Waals surface area contributed by atoms with Crippen molar-refractivity contribution in [3.8, 4) is 5.75 Å². The van der Waals surface area contributed by atoms with E-state index in [1.54, 1.807) is 31.2 Å². The van der Waals surface area contributed by atoms with Gasteiger partial charge in [-0.15, -0.1) is 0 Å². The summed E-state index contributed by atoms with van der Waals surface area (Å²) in [6.07, 6.45) is 1.87. The van der Waals surface area contributed by atoms with Crippen LogP contribution in [0.3, 0.4) is 0 Å². The molecule has 0 heterocycles. The summed E-state index contributed by atoms with van der Waals surface area (Å²) in [5.41, 5.74) is 3.32. The second kappa shape index (κ2) is 13.8. The normalized spacial score (nSPS) is 11.9. The number of nitrogens with one attached hydrogen (secondary N) is 1. The lowest BCUT2D eigenvalue weighted by Gasteiger charge is -2.31. The molecule has 208 valence electrons. The van der Waals surface area contributed by atoms with E-state index < -0.39 is 16.1 Å². The first-order chi connectivity index (χ1) is 18.6. The number of amides is 2. The minimum absolute atomic E-state index is 0.0735. The zero-order valence-corrected chi connectivity index (χ0v) is 23.8. The van der Waals surface area contributed by atoms with Crippen LogP contribution >= 0.6 is 0 Å². The average Bonchev–Trinajstić information content (AvgIpc) is 2.93. The van der Waals surface area contributed by atoms with E-state index in [0.29, 0.717) is 24.3 Å². The summed E-state index contributed by atoms with van der Waals surface area (Å²) in [5.74, 6) is 0.147. The maximum Gasteiger partial charge on any atom is 0.242 e. The highest BCUT2D eigenvalue weighted by atomic mass is 32.2. The van der Waals surface area contributed by atoms with E-state index in [9.17, 15) is 18.0 Å². The van der Waals surface area contributed by atoms with Crippen molar-refractivity contribution in [2.75, 3.05) is 31.3 Å². The van der Waals surface area contributed by atoms with Gasteiger partial charge in [-0.1, -0.05) is 60.2 Å². The van der Waals surface area contributed by atoms with Gasteiger partial charge in [-0.2, -0.15) is 0 Å². The van der Waals surface area contributed by atoms with Gasteiger partial charge >= 0.3 is 0 Å².